The maximum atomic E-state index is 10.8. The van der Waals surface area contributed by atoms with Crippen molar-refractivity contribution in [1.82, 2.24) is 4.90 Å². The topological polar surface area (TPSA) is 68.0 Å². The standard InChI is InChI=1S/C32H40N2O3/c1-22-15-17-34(18-16-22)19-20-37-25-10-7-23(8-11-25)21-28-30(36-2)14-12-27(32(28)33)31-26-6-4-3-5-24(26)9-13-29(31)35/h7-14,22,35H,3-6,15-21,33H2,1-2H3. The van der Waals surface area contributed by atoms with E-state index in [1.54, 1.807) is 7.11 Å². The monoisotopic (exact) mass is 500 g/mol. The van der Waals surface area contributed by atoms with Gasteiger partial charge in [0.1, 0.15) is 23.9 Å². The summed E-state index contributed by atoms with van der Waals surface area (Å²) in [6, 6.07) is 16.1. The highest BCUT2D eigenvalue weighted by molar-refractivity contribution is 5.86. The number of methoxy groups -OCH3 is 1. The summed E-state index contributed by atoms with van der Waals surface area (Å²) in [5.74, 6) is 2.80. The molecule has 3 aromatic rings. The van der Waals surface area contributed by atoms with Gasteiger partial charge in [-0.25, -0.2) is 0 Å². The maximum absolute atomic E-state index is 10.8. The van der Waals surface area contributed by atoms with Gasteiger partial charge in [-0.05, 0) is 105 Å². The Morgan fingerprint density at radius 2 is 1.73 bits per heavy atom. The summed E-state index contributed by atoms with van der Waals surface area (Å²) >= 11 is 0. The Bertz CT molecular complexity index is 1210. The number of nitrogen functional groups attached to an aromatic ring is 1. The van der Waals surface area contributed by atoms with Crippen molar-refractivity contribution in [2.24, 2.45) is 5.92 Å². The zero-order chi connectivity index (χ0) is 25.8. The number of anilines is 1. The quantitative estimate of drug-likeness (QED) is 0.359. The molecule has 0 radical (unpaired) electrons. The second-order valence-corrected chi connectivity index (χ2v) is 10.7. The largest absolute Gasteiger partial charge is 0.507 e. The second-order valence-electron chi connectivity index (χ2n) is 10.7. The summed E-state index contributed by atoms with van der Waals surface area (Å²) in [5.41, 5.74) is 13.9. The molecule has 0 atom stereocenters. The van der Waals surface area contributed by atoms with Crippen LogP contribution in [-0.2, 0) is 19.3 Å². The molecule has 5 heteroatoms. The summed E-state index contributed by atoms with van der Waals surface area (Å²) in [7, 11) is 1.68. The van der Waals surface area contributed by atoms with Crippen molar-refractivity contribution < 1.29 is 14.6 Å². The lowest BCUT2D eigenvalue weighted by atomic mass is 9.84. The van der Waals surface area contributed by atoms with E-state index in [-0.39, 0.29) is 0 Å². The Hall–Kier alpha value is -3.18. The van der Waals surface area contributed by atoms with Gasteiger partial charge in [0, 0.05) is 35.3 Å². The van der Waals surface area contributed by atoms with E-state index in [1.165, 1.54) is 43.5 Å². The number of phenolic OH excluding ortho intramolecular Hbond substituents is 1. The normalized spacial score (nSPS) is 16.4. The first-order chi connectivity index (χ1) is 18.0. The minimum atomic E-state index is 0.295. The lowest BCUT2D eigenvalue weighted by Crippen LogP contribution is -2.35. The van der Waals surface area contributed by atoms with Crippen LogP contribution in [0.3, 0.4) is 0 Å². The first-order valence-corrected chi connectivity index (χ1v) is 13.8. The molecule has 1 aliphatic heterocycles. The molecule has 5 rings (SSSR count). The van der Waals surface area contributed by atoms with Gasteiger partial charge in [0.25, 0.3) is 0 Å². The van der Waals surface area contributed by atoms with Crippen molar-refractivity contribution >= 4 is 5.69 Å². The van der Waals surface area contributed by atoms with Gasteiger partial charge in [0.15, 0.2) is 0 Å². The number of aromatic hydroxyl groups is 1. The number of phenols is 1. The molecule has 3 N–H and O–H groups in total. The molecule has 2 aliphatic rings. The van der Waals surface area contributed by atoms with Crippen molar-refractivity contribution in [3.05, 3.63) is 70.8 Å². The minimum Gasteiger partial charge on any atom is -0.507 e. The lowest BCUT2D eigenvalue weighted by molar-refractivity contribution is 0.160. The Labute approximate surface area is 221 Å². The second kappa shape index (κ2) is 11.5. The van der Waals surface area contributed by atoms with E-state index in [1.807, 2.05) is 30.3 Å². The van der Waals surface area contributed by atoms with Crippen LogP contribution in [0.15, 0.2) is 48.5 Å². The van der Waals surface area contributed by atoms with E-state index < -0.39 is 0 Å². The molecule has 0 aromatic heterocycles. The van der Waals surface area contributed by atoms with Gasteiger partial charge in [-0.1, -0.05) is 25.1 Å². The average Bonchev–Trinajstić information content (AvgIpc) is 2.92. The predicted octanol–water partition coefficient (Wildman–Crippen LogP) is 6.23. The number of hydrogen-bond acceptors (Lipinski definition) is 5. The lowest BCUT2D eigenvalue weighted by Gasteiger charge is -2.29. The molecule has 0 amide bonds. The van der Waals surface area contributed by atoms with Gasteiger partial charge in [-0.3, -0.25) is 4.90 Å². The number of nitrogens with zero attached hydrogens (tertiary/aromatic N) is 1. The van der Waals surface area contributed by atoms with Crippen molar-refractivity contribution in [3.63, 3.8) is 0 Å². The number of fused-ring (bicyclic) bond motifs is 1. The molecule has 196 valence electrons. The highest BCUT2D eigenvalue weighted by Crippen LogP contribution is 2.43. The van der Waals surface area contributed by atoms with Crippen LogP contribution in [0.5, 0.6) is 17.2 Å². The van der Waals surface area contributed by atoms with E-state index in [2.05, 4.69) is 30.0 Å². The number of ether oxygens (including phenoxy) is 2. The van der Waals surface area contributed by atoms with Crippen molar-refractivity contribution in [3.8, 4) is 28.4 Å². The molecule has 0 spiro atoms. The van der Waals surface area contributed by atoms with Crippen LogP contribution in [0.4, 0.5) is 5.69 Å². The molecule has 1 aliphatic carbocycles. The smallest absolute Gasteiger partial charge is 0.124 e. The SMILES string of the molecule is COc1ccc(-c2c(O)ccc3c2CCCC3)c(N)c1Cc1ccc(OCCN2CCC(C)CC2)cc1. The number of likely N-dealkylation sites (tertiary alicyclic amines) is 1. The number of piperidine rings is 1. The summed E-state index contributed by atoms with van der Waals surface area (Å²) in [6.07, 6.45) is 7.57. The van der Waals surface area contributed by atoms with Crippen molar-refractivity contribution in [2.45, 2.75) is 51.9 Å². The molecule has 37 heavy (non-hydrogen) atoms. The molecule has 3 aromatic carbocycles. The molecular formula is C32H40N2O3. The van der Waals surface area contributed by atoms with Crippen LogP contribution < -0.4 is 15.2 Å². The first-order valence-electron chi connectivity index (χ1n) is 13.8. The molecule has 0 unspecified atom stereocenters. The highest BCUT2D eigenvalue weighted by Gasteiger charge is 2.22. The Morgan fingerprint density at radius 3 is 2.49 bits per heavy atom. The zero-order valence-corrected chi connectivity index (χ0v) is 22.3. The van der Waals surface area contributed by atoms with Gasteiger partial charge in [-0.15, -0.1) is 0 Å². The molecule has 1 fully saturated rings. The molecule has 5 nitrogen and oxygen atoms in total. The van der Waals surface area contributed by atoms with Crippen LogP contribution in [0, 0.1) is 5.92 Å². The fraction of sp³-hybridized carbons (Fsp3) is 0.438. The third kappa shape index (κ3) is 5.72. The molecule has 0 saturated carbocycles. The van der Waals surface area contributed by atoms with Crippen LogP contribution in [0.25, 0.3) is 11.1 Å². The summed E-state index contributed by atoms with van der Waals surface area (Å²) < 4.78 is 11.7. The molecule has 1 heterocycles. The van der Waals surface area contributed by atoms with Gasteiger partial charge >= 0.3 is 0 Å². The van der Waals surface area contributed by atoms with Gasteiger partial charge in [0.2, 0.25) is 0 Å². The summed E-state index contributed by atoms with van der Waals surface area (Å²) in [4.78, 5) is 2.50. The van der Waals surface area contributed by atoms with E-state index >= 15 is 0 Å². The third-order valence-electron chi connectivity index (χ3n) is 8.17. The van der Waals surface area contributed by atoms with Crippen LogP contribution in [-0.4, -0.2) is 43.4 Å². The van der Waals surface area contributed by atoms with Crippen molar-refractivity contribution in [2.75, 3.05) is 39.1 Å². The predicted molar refractivity (Wildman–Crippen MR) is 151 cm³/mol. The third-order valence-corrected chi connectivity index (χ3v) is 8.17. The van der Waals surface area contributed by atoms with Gasteiger partial charge < -0.3 is 20.3 Å². The zero-order valence-electron chi connectivity index (χ0n) is 22.3. The van der Waals surface area contributed by atoms with Crippen molar-refractivity contribution in [1.29, 1.82) is 0 Å². The molecule has 1 saturated heterocycles. The van der Waals surface area contributed by atoms with E-state index in [9.17, 15) is 5.11 Å². The van der Waals surface area contributed by atoms with Crippen LogP contribution in [0.2, 0.25) is 0 Å². The number of nitrogens with two attached hydrogens (primary N) is 1. The number of aryl methyl sites for hydroxylation is 1. The summed E-state index contributed by atoms with van der Waals surface area (Å²) in [6.45, 7) is 6.38. The average molecular weight is 501 g/mol. The Kier molecular flexibility index (Phi) is 7.90. The number of rotatable bonds is 8. The Morgan fingerprint density at radius 1 is 0.973 bits per heavy atom. The number of hydrogen-bond donors (Lipinski definition) is 2. The van der Waals surface area contributed by atoms with Gasteiger partial charge in [-0.2, -0.15) is 0 Å². The minimum absolute atomic E-state index is 0.295. The van der Waals surface area contributed by atoms with E-state index in [0.29, 0.717) is 24.5 Å². The van der Waals surface area contributed by atoms with E-state index in [0.717, 1.165) is 65.5 Å². The van der Waals surface area contributed by atoms with Crippen LogP contribution >= 0.6 is 0 Å². The first kappa shape index (κ1) is 25.5. The molecule has 0 bridgehead atoms. The van der Waals surface area contributed by atoms with Crippen LogP contribution in [0.1, 0.15) is 54.9 Å². The Balaban J connectivity index is 1.32. The fourth-order valence-corrected chi connectivity index (χ4v) is 5.84. The van der Waals surface area contributed by atoms with E-state index in [4.69, 9.17) is 15.2 Å². The highest BCUT2D eigenvalue weighted by atomic mass is 16.5. The van der Waals surface area contributed by atoms with Gasteiger partial charge in [0.05, 0.1) is 7.11 Å². The summed E-state index contributed by atoms with van der Waals surface area (Å²) in [5, 5.41) is 10.8. The molecular weight excluding hydrogens is 460 g/mol. The maximum Gasteiger partial charge on any atom is 0.124 e. The fourth-order valence-electron chi connectivity index (χ4n) is 5.84. The number of benzene rings is 3.